The minimum Gasteiger partial charge on any atom is -0.352 e. The zero-order chi connectivity index (χ0) is 11.8. The summed E-state index contributed by atoms with van der Waals surface area (Å²) < 4.78 is 0. The van der Waals surface area contributed by atoms with Crippen LogP contribution in [0.25, 0.3) is 0 Å². The summed E-state index contributed by atoms with van der Waals surface area (Å²) >= 11 is 0. The van der Waals surface area contributed by atoms with Crippen LogP contribution in [0.15, 0.2) is 0 Å². The topological polar surface area (TPSA) is 41.1 Å². The van der Waals surface area contributed by atoms with Gasteiger partial charge in [0.25, 0.3) is 0 Å². The number of carbonyl (C=O) groups excluding carboxylic acids is 1. The van der Waals surface area contributed by atoms with Gasteiger partial charge < -0.3 is 10.6 Å². The van der Waals surface area contributed by atoms with Crippen molar-refractivity contribution in [2.24, 2.45) is 11.3 Å². The summed E-state index contributed by atoms with van der Waals surface area (Å²) in [6, 6.07) is 0.757. The van der Waals surface area contributed by atoms with Crippen LogP contribution in [0, 0.1) is 11.3 Å². The molecule has 1 saturated heterocycles. The van der Waals surface area contributed by atoms with Gasteiger partial charge in [-0.3, -0.25) is 4.79 Å². The van der Waals surface area contributed by atoms with Crippen molar-refractivity contribution in [3.05, 3.63) is 0 Å². The lowest BCUT2D eigenvalue weighted by Gasteiger charge is -2.30. The molecule has 2 aliphatic rings. The maximum atomic E-state index is 12.1. The van der Waals surface area contributed by atoms with E-state index in [0.717, 1.165) is 25.8 Å². The molecule has 4 unspecified atom stereocenters. The molecule has 1 amide bonds. The average molecular weight is 224 g/mol. The molecule has 92 valence electrons. The summed E-state index contributed by atoms with van der Waals surface area (Å²) in [5.74, 6) is 0.552. The fourth-order valence-corrected chi connectivity index (χ4v) is 2.73. The molecule has 2 N–H and O–H groups in total. The highest BCUT2D eigenvalue weighted by molar-refractivity contribution is 5.82. The van der Waals surface area contributed by atoms with Crippen molar-refractivity contribution in [1.82, 2.24) is 10.6 Å². The Morgan fingerprint density at radius 1 is 1.56 bits per heavy atom. The lowest BCUT2D eigenvalue weighted by molar-refractivity contribution is -0.124. The predicted molar refractivity (Wildman–Crippen MR) is 65.1 cm³/mol. The van der Waals surface area contributed by atoms with Gasteiger partial charge in [-0.1, -0.05) is 13.8 Å². The first-order valence-corrected chi connectivity index (χ1v) is 6.60. The average Bonchev–Trinajstić information content (AvgIpc) is 2.95. The minimum absolute atomic E-state index is 0.270. The van der Waals surface area contributed by atoms with Crippen molar-refractivity contribution >= 4 is 5.91 Å². The Labute approximate surface area is 98.4 Å². The van der Waals surface area contributed by atoms with Crippen molar-refractivity contribution in [1.29, 1.82) is 0 Å². The van der Waals surface area contributed by atoms with Gasteiger partial charge in [0.05, 0.1) is 0 Å². The van der Waals surface area contributed by atoms with Gasteiger partial charge in [0, 0.05) is 18.0 Å². The number of hydrogen-bond acceptors (Lipinski definition) is 2. The molecule has 1 aliphatic carbocycles. The van der Waals surface area contributed by atoms with Crippen LogP contribution in [0.1, 0.15) is 46.5 Å². The van der Waals surface area contributed by atoms with Gasteiger partial charge in [-0.2, -0.15) is 0 Å². The second-order valence-corrected chi connectivity index (χ2v) is 5.76. The molecule has 0 aromatic heterocycles. The largest absolute Gasteiger partial charge is 0.352 e. The van der Waals surface area contributed by atoms with Gasteiger partial charge in [-0.15, -0.1) is 0 Å². The van der Waals surface area contributed by atoms with Gasteiger partial charge in [-0.05, 0) is 44.6 Å². The third-order valence-electron chi connectivity index (χ3n) is 4.57. The monoisotopic (exact) mass is 224 g/mol. The molecule has 0 aromatic rings. The molecule has 4 atom stereocenters. The highest BCUT2D eigenvalue weighted by Crippen LogP contribution is 2.54. The Kier molecular flexibility index (Phi) is 3.24. The van der Waals surface area contributed by atoms with Crippen molar-refractivity contribution in [2.75, 3.05) is 6.54 Å². The van der Waals surface area contributed by atoms with Gasteiger partial charge in [0.1, 0.15) is 0 Å². The van der Waals surface area contributed by atoms with Crippen LogP contribution < -0.4 is 10.6 Å². The Balaban J connectivity index is 1.84. The zero-order valence-electron chi connectivity index (χ0n) is 10.7. The normalized spacial score (nSPS) is 42.8. The van der Waals surface area contributed by atoms with E-state index in [9.17, 15) is 4.79 Å². The quantitative estimate of drug-likeness (QED) is 0.766. The van der Waals surface area contributed by atoms with Crippen molar-refractivity contribution < 1.29 is 4.79 Å². The summed E-state index contributed by atoms with van der Waals surface area (Å²) in [4.78, 5) is 12.1. The SMILES string of the molecule is CCC1(C)CC1C(=O)NC1CCCNC1C. The molecule has 1 aliphatic heterocycles. The fourth-order valence-electron chi connectivity index (χ4n) is 2.73. The molecular weight excluding hydrogens is 200 g/mol. The van der Waals surface area contributed by atoms with Crippen molar-refractivity contribution in [3.63, 3.8) is 0 Å². The second kappa shape index (κ2) is 4.36. The molecule has 0 spiro atoms. The Morgan fingerprint density at radius 3 is 2.88 bits per heavy atom. The number of carbonyl (C=O) groups is 1. The van der Waals surface area contributed by atoms with Gasteiger partial charge >= 0.3 is 0 Å². The molecule has 1 heterocycles. The van der Waals surface area contributed by atoms with E-state index in [0.29, 0.717) is 12.1 Å². The van der Waals surface area contributed by atoms with Crippen LogP contribution in [-0.2, 0) is 4.79 Å². The first-order chi connectivity index (χ1) is 7.57. The highest BCUT2D eigenvalue weighted by atomic mass is 16.2. The number of rotatable bonds is 3. The van der Waals surface area contributed by atoms with E-state index in [1.807, 2.05) is 0 Å². The van der Waals surface area contributed by atoms with Gasteiger partial charge in [0.15, 0.2) is 0 Å². The van der Waals surface area contributed by atoms with Crippen LogP contribution >= 0.6 is 0 Å². The molecule has 3 heteroatoms. The zero-order valence-corrected chi connectivity index (χ0v) is 10.7. The standard InChI is InChI=1S/C13H24N2O/c1-4-13(3)8-10(13)12(16)15-11-6-5-7-14-9(11)2/h9-11,14H,4-8H2,1-3H3,(H,15,16). The molecule has 0 radical (unpaired) electrons. The molecular formula is C13H24N2O. The number of amides is 1. The summed E-state index contributed by atoms with van der Waals surface area (Å²) in [6.45, 7) is 7.65. The lowest BCUT2D eigenvalue weighted by Crippen LogP contribution is -2.52. The van der Waals surface area contributed by atoms with Gasteiger partial charge in [0.2, 0.25) is 5.91 Å². The highest BCUT2D eigenvalue weighted by Gasteiger charge is 2.53. The summed E-state index contributed by atoms with van der Waals surface area (Å²) in [5.41, 5.74) is 0.287. The first kappa shape index (κ1) is 11.9. The second-order valence-electron chi connectivity index (χ2n) is 5.76. The number of piperidine rings is 1. The number of hydrogen-bond donors (Lipinski definition) is 2. The molecule has 2 rings (SSSR count). The van der Waals surface area contributed by atoms with E-state index in [4.69, 9.17) is 0 Å². The molecule has 0 aromatic carbocycles. The molecule has 0 bridgehead atoms. The van der Waals surface area contributed by atoms with Crippen molar-refractivity contribution in [2.45, 2.75) is 58.5 Å². The molecule has 3 nitrogen and oxygen atoms in total. The minimum atomic E-state index is 0.270. The Bertz CT molecular complexity index is 279. The molecule has 2 fully saturated rings. The van der Waals surface area contributed by atoms with E-state index in [1.54, 1.807) is 0 Å². The predicted octanol–water partition coefficient (Wildman–Crippen LogP) is 1.68. The smallest absolute Gasteiger partial charge is 0.223 e. The van der Waals surface area contributed by atoms with Crippen LogP contribution in [-0.4, -0.2) is 24.5 Å². The summed E-state index contributed by atoms with van der Waals surface area (Å²) in [6.07, 6.45) is 4.48. The molecule has 16 heavy (non-hydrogen) atoms. The maximum absolute atomic E-state index is 12.1. The van der Waals surface area contributed by atoms with E-state index < -0.39 is 0 Å². The van der Waals surface area contributed by atoms with Gasteiger partial charge in [-0.25, -0.2) is 0 Å². The van der Waals surface area contributed by atoms with Crippen LogP contribution in [0.3, 0.4) is 0 Å². The first-order valence-electron chi connectivity index (χ1n) is 6.60. The Morgan fingerprint density at radius 2 is 2.31 bits per heavy atom. The third kappa shape index (κ3) is 2.24. The third-order valence-corrected chi connectivity index (χ3v) is 4.57. The van der Waals surface area contributed by atoms with E-state index in [2.05, 4.69) is 31.4 Å². The van der Waals surface area contributed by atoms with Crippen LogP contribution in [0.4, 0.5) is 0 Å². The van der Waals surface area contributed by atoms with Crippen LogP contribution in [0.5, 0.6) is 0 Å². The maximum Gasteiger partial charge on any atom is 0.223 e. The summed E-state index contributed by atoms with van der Waals surface area (Å²) in [7, 11) is 0. The fraction of sp³-hybridized carbons (Fsp3) is 0.923. The van der Waals surface area contributed by atoms with E-state index in [1.165, 1.54) is 6.42 Å². The van der Waals surface area contributed by atoms with E-state index in [-0.39, 0.29) is 17.2 Å². The van der Waals surface area contributed by atoms with Crippen LogP contribution in [0.2, 0.25) is 0 Å². The summed E-state index contributed by atoms with van der Waals surface area (Å²) in [5, 5.41) is 6.64. The number of nitrogens with one attached hydrogen (secondary N) is 2. The van der Waals surface area contributed by atoms with E-state index >= 15 is 0 Å². The molecule has 1 saturated carbocycles. The Hall–Kier alpha value is -0.570. The lowest BCUT2D eigenvalue weighted by atomic mass is 9.98. The van der Waals surface area contributed by atoms with Crippen molar-refractivity contribution in [3.8, 4) is 0 Å².